The van der Waals surface area contributed by atoms with E-state index in [1.807, 2.05) is 60.5 Å². The van der Waals surface area contributed by atoms with Crippen LogP contribution >= 0.6 is 0 Å². The Kier molecular flexibility index (Phi) is 4.44. The van der Waals surface area contributed by atoms with Gasteiger partial charge in [-0.1, -0.05) is 30.3 Å². The Bertz CT molecular complexity index is 914. The molecule has 3 aromatic rings. The number of para-hydroxylation sites is 1. The number of rotatable bonds is 5. The molecular formula is C21H22N4O. The van der Waals surface area contributed by atoms with Crippen molar-refractivity contribution >= 4 is 17.3 Å². The number of benzene rings is 2. The van der Waals surface area contributed by atoms with Gasteiger partial charge in [0.15, 0.2) is 0 Å². The van der Waals surface area contributed by atoms with Crippen LogP contribution < -0.4 is 10.2 Å². The van der Waals surface area contributed by atoms with Gasteiger partial charge in [0.1, 0.15) is 0 Å². The van der Waals surface area contributed by atoms with E-state index in [9.17, 15) is 4.79 Å². The van der Waals surface area contributed by atoms with Crippen molar-refractivity contribution in [2.24, 2.45) is 0 Å². The fourth-order valence-corrected chi connectivity index (χ4v) is 3.36. The van der Waals surface area contributed by atoms with E-state index in [-0.39, 0.29) is 5.91 Å². The lowest BCUT2D eigenvalue weighted by Gasteiger charge is -2.17. The maximum absolute atomic E-state index is 12.7. The molecule has 26 heavy (non-hydrogen) atoms. The lowest BCUT2D eigenvalue weighted by atomic mass is 10.1. The number of hydrogen-bond acceptors (Lipinski definition) is 3. The molecule has 5 nitrogen and oxygen atoms in total. The SMILES string of the molecule is Cc1[nH]ncc1CNc1ccc(CC(=O)N2CCc3ccccc32)cc1. The molecule has 0 spiro atoms. The number of carbonyl (C=O) groups excluding carboxylic acids is 1. The first-order valence-corrected chi connectivity index (χ1v) is 8.90. The number of aromatic nitrogens is 2. The maximum atomic E-state index is 12.7. The van der Waals surface area contributed by atoms with Crippen LogP contribution in [0.4, 0.5) is 11.4 Å². The highest BCUT2D eigenvalue weighted by Gasteiger charge is 2.23. The standard InChI is InChI=1S/C21H22N4O/c1-15-18(14-23-24-15)13-22-19-8-6-16(7-9-19)12-21(26)25-11-10-17-4-2-3-5-20(17)25/h2-9,14,22H,10-13H2,1H3,(H,23,24). The molecule has 0 atom stereocenters. The van der Waals surface area contributed by atoms with Gasteiger partial charge in [-0.3, -0.25) is 9.89 Å². The lowest BCUT2D eigenvalue weighted by Crippen LogP contribution is -2.30. The number of nitrogens with one attached hydrogen (secondary N) is 2. The number of amides is 1. The monoisotopic (exact) mass is 346 g/mol. The van der Waals surface area contributed by atoms with Crippen molar-refractivity contribution in [3.05, 3.63) is 77.1 Å². The summed E-state index contributed by atoms with van der Waals surface area (Å²) in [5, 5.41) is 10.3. The molecule has 1 aliphatic rings. The Morgan fingerprint density at radius 1 is 1.19 bits per heavy atom. The molecular weight excluding hydrogens is 324 g/mol. The predicted octanol–water partition coefficient (Wildman–Crippen LogP) is 3.46. The summed E-state index contributed by atoms with van der Waals surface area (Å²) in [5.74, 6) is 0.157. The van der Waals surface area contributed by atoms with Crippen molar-refractivity contribution in [2.75, 3.05) is 16.8 Å². The first kappa shape index (κ1) is 16.4. The molecule has 0 radical (unpaired) electrons. The molecule has 0 unspecified atom stereocenters. The largest absolute Gasteiger partial charge is 0.381 e. The van der Waals surface area contributed by atoms with Gasteiger partial charge in [0, 0.05) is 35.7 Å². The molecule has 1 aliphatic heterocycles. The minimum absolute atomic E-state index is 0.157. The van der Waals surface area contributed by atoms with Crippen molar-refractivity contribution in [3.8, 4) is 0 Å². The van der Waals surface area contributed by atoms with E-state index in [2.05, 4.69) is 21.6 Å². The topological polar surface area (TPSA) is 61.0 Å². The summed E-state index contributed by atoms with van der Waals surface area (Å²) in [7, 11) is 0. The quantitative estimate of drug-likeness (QED) is 0.744. The van der Waals surface area contributed by atoms with Crippen LogP contribution in [0.3, 0.4) is 0 Å². The summed E-state index contributed by atoms with van der Waals surface area (Å²) >= 11 is 0. The second-order valence-electron chi connectivity index (χ2n) is 6.67. The van der Waals surface area contributed by atoms with Gasteiger partial charge in [-0.15, -0.1) is 0 Å². The van der Waals surface area contributed by atoms with E-state index in [1.54, 1.807) is 0 Å². The summed E-state index contributed by atoms with van der Waals surface area (Å²) in [4.78, 5) is 14.6. The van der Waals surface area contributed by atoms with Crippen LogP contribution in [-0.2, 0) is 24.2 Å². The van der Waals surface area contributed by atoms with E-state index >= 15 is 0 Å². The molecule has 5 heteroatoms. The third kappa shape index (κ3) is 3.33. The molecule has 1 amide bonds. The third-order valence-electron chi connectivity index (χ3n) is 4.91. The van der Waals surface area contributed by atoms with Crippen molar-refractivity contribution in [2.45, 2.75) is 26.3 Å². The van der Waals surface area contributed by atoms with Gasteiger partial charge in [-0.25, -0.2) is 0 Å². The molecule has 0 bridgehead atoms. The van der Waals surface area contributed by atoms with Gasteiger partial charge in [0.2, 0.25) is 5.91 Å². The Labute approximate surface area is 153 Å². The first-order chi connectivity index (χ1) is 12.7. The summed E-state index contributed by atoms with van der Waals surface area (Å²) in [6.07, 6.45) is 3.21. The van der Waals surface area contributed by atoms with Crippen LogP contribution in [0.2, 0.25) is 0 Å². The Morgan fingerprint density at radius 2 is 2.00 bits per heavy atom. The number of anilines is 2. The lowest BCUT2D eigenvalue weighted by molar-refractivity contribution is -0.117. The third-order valence-corrected chi connectivity index (χ3v) is 4.91. The number of fused-ring (bicyclic) bond motifs is 1. The zero-order valence-corrected chi connectivity index (χ0v) is 14.8. The minimum atomic E-state index is 0.157. The molecule has 2 heterocycles. The minimum Gasteiger partial charge on any atom is -0.381 e. The van der Waals surface area contributed by atoms with E-state index in [0.717, 1.165) is 47.7 Å². The van der Waals surface area contributed by atoms with Crippen LogP contribution in [-0.4, -0.2) is 22.6 Å². The van der Waals surface area contributed by atoms with Crippen molar-refractivity contribution in [3.63, 3.8) is 0 Å². The average molecular weight is 346 g/mol. The van der Waals surface area contributed by atoms with Gasteiger partial charge in [-0.05, 0) is 42.7 Å². The predicted molar refractivity (Wildman–Crippen MR) is 103 cm³/mol. The van der Waals surface area contributed by atoms with Crippen LogP contribution in [0.5, 0.6) is 0 Å². The molecule has 2 N–H and O–H groups in total. The van der Waals surface area contributed by atoms with Crippen molar-refractivity contribution in [1.29, 1.82) is 0 Å². The Hall–Kier alpha value is -3.08. The molecule has 0 saturated heterocycles. The molecule has 132 valence electrons. The molecule has 0 saturated carbocycles. The van der Waals surface area contributed by atoms with E-state index in [1.165, 1.54) is 5.56 Å². The van der Waals surface area contributed by atoms with E-state index in [4.69, 9.17) is 0 Å². The average Bonchev–Trinajstić information content (AvgIpc) is 3.27. The second-order valence-corrected chi connectivity index (χ2v) is 6.67. The molecule has 0 fully saturated rings. The van der Waals surface area contributed by atoms with E-state index < -0.39 is 0 Å². The van der Waals surface area contributed by atoms with Crippen molar-refractivity contribution in [1.82, 2.24) is 10.2 Å². The van der Waals surface area contributed by atoms with Crippen LogP contribution in [0.25, 0.3) is 0 Å². The Morgan fingerprint density at radius 3 is 2.77 bits per heavy atom. The smallest absolute Gasteiger partial charge is 0.231 e. The van der Waals surface area contributed by atoms with Gasteiger partial charge < -0.3 is 10.2 Å². The fraction of sp³-hybridized carbons (Fsp3) is 0.238. The number of aromatic amines is 1. The number of H-pyrrole nitrogens is 1. The highest BCUT2D eigenvalue weighted by atomic mass is 16.2. The van der Waals surface area contributed by atoms with Crippen LogP contribution in [0, 0.1) is 6.92 Å². The molecule has 1 aromatic heterocycles. The number of hydrogen-bond donors (Lipinski definition) is 2. The van der Waals surface area contributed by atoms with Crippen molar-refractivity contribution < 1.29 is 4.79 Å². The highest BCUT2D eigenvalue weighted by molar-refractivity contribution is 5.96. The summed E-state index contributed by atoms with van der Waals surface area (Å²) in [5.41, 5.74) is 6.61. The zero-order chi connectivity index (χ0) is 17.9. The van der Waals surface area contributed by atoms with Crippen LogP contribution in [0.15, 0.2) is 54.7 Å². The maximum Gasteiger partial charge on any atom is 0.231 e. The molecule has 4 rings (SSSR count). The first-order valence-electron chi connectivity index (χ1n) is 8.90. The summed E-state index contributed by atoms with van der Waals surface area (Å²) < 4.78 is 0. The normalized spacial score (nSPS) is 12.9. The van der Waals surface area contributed by atoms with Gasteiger partial charge in [0.25, 0.3) is 0 Å². The Balaban J connectivity index is 1.37. The van der Waals surface area contributed by atoms with E-state index in [0.29, 0.717) is 6.42 Å². The summed E-state index contributed by atoms with van der Waals surface area (Å²) in [6, 6.07) is 16.2. The number of aryl methyl sites for hydroxylation is 1. The number of nitrogens with zero attached hydrogens (tertiary/aromatic N) is 2. The molecule has 0 aliphatic carbocycles. The fourth-order valence-electron chi connectivity index (χ4n) is 3.36. The second kappa shape index (κ2) is 7.04. The zero-order valence-electron chi connectivity index (χ0n) is 14.8. The van der Waals surface area contributed by atoms with Gasteiger partial charge in [-0.2, -0.15) is 5.10 Å². The van der Waals surface area contributed by atoms with Gasteiger partial charge >= 0.3 is 0 Å². The number of carbonyl (C=O) groups is 1. The van der Waals surface area contributed by atoms with Gasteiger partial charge in [0.05, 0.1) is 12.6 Å². The summed E-state index contributed by atoms with van der Waals surface area (Å²) in [6.45, 7) is 3.52. The highest BCUT2D eigenvalue weighted by Crippen LogP contribution is 2.28. The molecule has 2 aromatic carbocycles. The van der Waals surface area contributed by atoms with Crippen LogP contribution in [0.1, 0.15) is 22.4 Å².